The second kappa shape index (κ2) is 3.93. The second-order valence-corrected chi connectivity index (χ2v) is 2.54. The van der Waals surface area contributed by atoms with Gasteiger partial charge in [0.1, 0.15) is 5.75 Å². The van der Waals surface area contributed by atoms with E-state index in [0.717, 1.165) is 11.3 Å². The summed E-state index contributed by atoms with van der Waals surface area (Å²) < 4.78 is 5.06. The van der Waals surface area contributed by atoms with Crippen LogP contribution in [0.1, 0.15) is 11.6 Å². The van der Waals surface area contributed by atoms with Crippen molar-refractivity contribution in [2.24, 2.45) is 5.73 Å². The van der Waals surface area contributed by atoms with Crippen LogP contribution in [0.3, 0.4) is 0 Å². The molecule has 0 amide bonds. The summed E-state index contributed by atoms with van der Waals surface area (Å²) in [4.78, 5) is 0. The lowest BCUT2D eigenvalue weighted by molar-refractivity contribution is 0.414. The number of hydrogen-bond acceptors (Lipinski definition) is 2. The molecule has 0 aliphatic heterocycles. The molecule has 1 atom stereocenters. The van der Waals surface area contributed by atoms with Gasteiger partial charge in [-0.25, -0.2) is 0 Å². The molecule has 0 heterocycles. The monoisotopic (exact) mass is 163 g/mol. The van der Waals surface area contributed by atoms with Crippen molar-refractivity contribution < 1.29 is 4.74 Å². The van der Waals surface area contributed by atoms with Crippen LogP contribution in [0, 0.1) is 0 Å². The molecule has 0 saturated carbocycles. The number of nitrogens with two attached hydrogens (primary N) is 1. The summed E-state index contributed by atoms with van der Waals surface area (Å²) in [6, 6.07) is 7.55. The van der Waals surface area contributed by atoms with Crippen molar-refractivity contribution in [1.82, 2.24) is 0 Å². The number of rotatable bonds is 3. The van der Waals surface area contributed by atoms with E-state index in [1.807, 2.05) is 24.3 Å². The molecule has 12 heavy (non-hydrogen) atoms. The summed E-state index contributed by atoms with van der Waals surface area (Å²) in [6.07, 6.45) is 1.70. The topological polar surface area (TPSA) is 35.2 Å². The first-order valence-corrected chi connectivity index (χ1v) is 3.80. The maximum absolute atomic E-state index is 5.74. The average molecular weight is 163 g/mol. The van der Waals surface area contributed by atoms with E-state index in [1.165, 1.54) is 0 Å². The largest absolute Gasteiger partial charge is 0.497 e. The van der Waals surface area contributed by atoms with Gasteiger partial charge < -0.3 is 10.5 Å². The molecule has 2 heteroatoms. The zero-order valence-electron chi connectivity index (χ0n) is 7.16. The lowest BCUT2D eigenvalue weighted by Gasteiger charge is -2.07. The molecule has 0 aliphatic rings. The highest BCUT2D eigenvalue weighted by molar-refractivity contribution is 5.31. The van der Waals surface area contributed by atoms with E-state index < -0.39 is 0 Å². The lowest BCUT2D eigenvalue weighted by atomic mass is 10.1. The van der Waals surface area contributed by atoms with E-state index in [-0.39, 0.29) is 6.04 Å². The maximum Gasteiger partial charge on any atom is 0.119 e. The average Bonchev–Trinajstić information content (AvgIpc) is 2.17. The van der Waals surface area contributed by atoms with Gasteiger partial charge in [-0.3, -0.25) is 0 Å². The summed E-state index contributed by atoms with van der Waals surface area (Å²) in [5.41, 5.74) is 6.76. The fraction of sp³-hybridized carbons (Fsp3) is 0.200. The molecule has 1 aromatic carbocycles. The lowest BCUT2D eigenvalue weighted by Crippen LogP contribution is -2.06. The predicted octanol–water partition coefficient (Wildman–Crippen LogP) is 1.88. The van der Waals surface area contributed by atoms with Crippen LogP contribution in [-0.4, -0.2) is 7.11 Å². The van der Waals surface area contributed by atoms with Crippen molar-refractivity contribution in [3.63, 3.8) is 0 Å². The number of methoxy groups -OCH3 is 1. The minimum atomic E-state index is -0.111. The molecule has 0 aromatic heterocycles. The second-order valence-electron chi connectivity index (χ2n) is 2.54. The Morgan fingerprint density at radius 3 is 2.92 bits per heavy atom. The van der Waals surface area contributed by atoms with Crippen LogP contribution in [0.5, 0.6) is 5.75 Å². The summed E-state index contributed by atoms with van der Waals surface area (Å²) in [5.74, 6) is 0.824. The van der Waals surface area contributed by atoms with Gasteiger partial charge in [-0.15, -0.1) is 6.58 Å². The predicted molar refractivity (Wildman–Crippen MR) is 50.1 cm³/mol. The molecule has 64 valence electrons. The molecule has 0 bridgehead atoms. The standard InChI is InChI=1S/C10H13NO/c1-3-10(11)8-5-4-6-9(7-8)12-2/h3-7,10H,1,11H2,2H3. The first-order valence-electron chi connectivity index (χ1n) is 3.80. The summed E-state index contributed by atoms with van der Waals surface area (Å²) in [6.45, 7) is 3.63. The molecule has 1 unspecified atom stereocenters. The molecule has 0 fully saturated rings. The van der Waals surface area contributed by atoms with Crippen LogP contribution in [0.25, 0.3) is 0 Å². The van der Waals surface area contributed by atoms with Crippen LogP contribution in [0.2, 0.25) is 0 Å². The fourth-order valence-corrected chi connectivity index (χ4v) is 0.985. The Morgan fingerprint density at radius 2 is 2.33 bits per heavy atom. The quantitative estimate of drug-likeness (QED) is 0.690. The third-order valence-corrected chi connectivity index (χ3v) is 1.73. The first kappa shape index (κ1) is 8.81. The van der Waals surface area contributed by atoms with Gasteiger partial charge in [0, 0.05) is 6.04 Å². The molecule has 2 N–H and O–H groups in total. The van der Waals surface area contributed by atoms with Crippen molar-refractivity contribution >= 4 is 0 Å². The van der Waals surface area contributed by atoms with Gasteiger partial charge in [-0.05, 0) is 17.7 Å². The molecule has 1 rings (SSSR count). The van der Waals surface area contributed by atoms with Crippen molar-refractivity contribution in [2.75, 3.05) is 7.11 Å². The van der Waals surface area contributed by atoms with Gasteiger partial charge in [-0.1, -0.05) is 18.2 Å². The summed E-state index contributed by atoms with van der Waals surface area (Å²) >= 11 is 0. The first-order chi connectivity index (χ1) is 5.77. The van der Waals surface area contributed by atoms with Crippen molar-refractivity contribution in [3.8, 4) is 5.75 Å². The Morgan fingerprint density at radius 1 is 1.58 bits per heavy atom. The van der Waals surface area contributed by atoms with Crippen LogP contribution >= 0.6 is 0 Å². The highest BCUT2D eigenvalue weighted by Gasteiger charge is 2.00. The van der Waals surface area contributed by atoms with Gasteiger partial charge in [0.2, 0.25) is 0 Å². The van der Waals surface area contributed by atoms with Gasteiger partial charge in [0.25, 0.3) is 0 Å². The van der Waals surface area contributed by atoms with Gasteiger partial charge in [-0.2, -0.15) is 0 Å². The Bertz CT molecular complexity index is 270. The van der Waals surface area contributed by atoms with Gasteiger partial charge in [0.15, 0.2) is 0 Å². The maximum atomic E-state index is 5.74. The number of ether oxygens (including phenoxy) is 1. The smallest absolute Gasteiger partial charge is 0.119 e. The van der Waals surface area contributed by atoms with E-state index in [1.54, 1.807) is 13.2 Å². The van der Waals surface area contributed by atoms with Crippen molar-refractivity contribution in [1.29, 1.82) is 0 Å². The molecular formula is C10H13NO. The van der Waals surface area contributed by atoms with Crippen molar-refractivity contribution in [2.45, 2.75) is 6.04 Å². The van der Waals surface area contributed by atoms with Gasteiger partial charge >= 0.3 is 0 Å². The molecular weight excluding hydrogens is 150 g/mol. The third kappa shape index (κ3) is 1.86. The minimum Gasteiger partial charge on any atom is -0.497 e. The zero-order valence-corrected chi connectivity index (χ0v) is 7.16. The summed E-state index contributed by atoms with van der Waals surface area (Å²) in [5, 5.41) is 0. The highest BCUT2D eigenvalue weighted by Crippen LogP contribution is 2.17. The highest BCUT2D eigenvalue weighted by atomic mass is 16.5. The SMILES string of the molecule is C=CC(N)c1cccc(OC)c1. The molecule has 2 nitrogen and oxygen atoms in total. The Labute approximate surface area is 72.7 Å². The number of benzene rings is 1. The normalized spacial score (nSPS) is 12.2. The minimum absolute atomic E-state index is 0.111. The van der Waals surface area contributed by atoms with Crippen LogP contribution in [-0.2, 0) is 0 Å². The zero-order chi connectivity index (χ0) is 8.97. The van der Waals surface area contributed by atoms with Crippen LogP contribution in [0.4, 0.5) is 0 Å². The van der Waals surface area contributed by atoms with E-state index in [4.69, 9.17) is 10.5 Å². The molecule has 0 saturated heterocycles. The third-order valence-electron chi connectivity index (χ3n) is 1.73. The molecule has 0 spiro atoms. The summed E-state index contributed by atoms with van der Waals surface area (Å²) in [7, 11) is 1.64. The fourth-order valence-electron chi connectivity index (χ4n) is 0.985. The van der Waals surface area contributed by atoms with Gasteiger partial charge in [0.05, 0.1) is 7.11 Å². The molecule has 0 radical (unpaired) electrons. The Balaban J connectivity index is 2.93. The van der Waals surface area contributed by atoms with E-state index in [0.29, 0.717) is 0 Å². The molecule has 0 aliphatic carbocycles. The van der Waals surface area contributed by atoms with Crippen LogP contribution in [0.15, 0.2) is 36.9 Å². The van der Waals surface area contributed by atoms with Crippen LogP contribution < -0.4 is 10.5 Å². The van der Waals surface area contributed by atoms with E-state index in [9.17, 15) is 0 Å². The van der Waals surface area contributed by atoms with E-state index >= 15 is 0 Å². The number of hydrogen-bond donors (Lipinski definition) is 1. The Kier molecular flexibility index (Phi) is 2.88. The van der Waals surface area contributed by atoms with E-state index in [2.05, 4.69) is 6.58 Å². The van der Waals surface area contributed by atoms with Crippen molar-refractivity contribution in [3.05, 3.63) is 42.5 Å². The Hall–Kier alpha value is -1.28. The molecule has 1 aromatic rings.